The molecule has 2 rings (SSSR count). The zero-order valence-electron chi connectivity index (χ0n) is 12.0. The van der Waals surface area contributed by atoms with Crippen LogP contribution in [-0.4, -0.2) is 34.9 Å². The summed E-state index contributed by atoms with van der Waals surface area (Å²) in [7, 11) is 2.03. The Kier molecular flexibility index (Phi) is 4.42. The molecule has 19 heavy (non-hydrogen) atoms. The van der Waals surface area contributed by atoms with Crippen LogP contribution in [0, 0.1) is 5.92 Å². The van der Waals surface area contributed by atoms with Crippen molar-refractivity contribution in [3.63, 3.8) is 0 Å². The van der Waals surface area contributed by atoms with E-state index in [1.54, 1.807) is 0 Å². The Hall–Kier alpha value is -1.13. The van der Waals surface area contributed by atoms with Gasteiger partial charge in [0.05, 0.1) is 12.7 Å². The van der Waals surface area contributed by atoms with Crippen LogP contribution < -0.4 is 4.90 Å². The molecule has 1 aromatic heterocycles. The van der Waals surface area contributed by atoms with Gasteiger partial charge in [-0.25, -0.2) is 4.98 Å². The van der Waals surface area contributed by atoms with E-state index in [0.29, 0.717) is 11.8 Å². The average molecular weight is 264 g/mol. The first-order chi connectivity index (χ1) is 8.99. The number of aliphatic hydroxyl groups excluding tert-OH is 2. The fourth-order valence-electron chi connectivity index (χ4n) is 2.51. The van der Waals surface area contributed by atoms with Gasteiger partial charge in [-0.05, 0) is 42.4 Å². The van der Waals surface area contributed by atoms with E-state index in [4.69, 9.17) is 0 Å². The first kappa shape index (κ1) is 14.3. The van der Waals surface area contributed by atoms with Crippen molar-refractivity contribution in [2.45, 2.75) is 45.3 Å². The van der Waals surface area contributed by atoms with Crippen LogP contribution in [0.5, 0.6) is 0 Å². The van der Waals surface area contributed by atoms with Gasteiger partial charge in [-0.3, -0.25) is 0 Å². The van der Waals surface area contributed by atoms with E-state index in [1.165, 1.54) is 0 Å². The van der Waals surface area contributed by atoms with Crippen molar-refractivity contribution in [3.8, 4) is 0 Å². The molecule has 4 heteroatoms. The number of pyridine rings is 1. The third-order valence-electron chi connectivity index (χ3n) is 3.80. The van der Waals surface area contributed by atoms with Gasteiger partial charge < -0.3 is 15.1 Å². The molecule has 106 valence electrons. The van der Waals surface area contributed by atoms with Gasteiger partial charge >= 0.3 is 0 Å². The SMILES string of the molecule is CC(C)c1cc(CO)cc(N(C)CC2CC(O)C2)n1. The minimum atomic E-state index is -0.110. The summed E-state index contributed by atoms with van der Waals surface area (Å²) >= 11 is 0. The van der Waals surface area contributed by atoms with Gasteiger partial charge in [0.15, 0.2) is 0 Å². The Morgan fingerprint density at radius 3 is 2.58 bits per heavy atom. The summed E-state index contributed by atoms with van der Waals surface area (Å²) in [5.74, 6) is 1.82. The Morgan fingerprint density at radius 2 is 2.05 bits per heavy atom. The lowest BCUT2D eigenvalue weighted by Gasteiger charge is -2.35. The molecule has 1 aliphatic carbocycles. The van der Waals surface area contributed by atoms with Gasteiger partial charge in [0.2, 0.25) is 0 Å². The molecule has 0 aromatic carbocycles. The molecule has 0 bridgehead atoms. The number of aliphatic hydroxyl groups is 2. The van der Waals surface area contributed by atoms with Crippen LogP contribution in [0.4, 0.5) is 5.82 Å². The quantitative estimate of drug-likeness (QED) is 0.853. The van der Waals surface area contributed by atoms with Gasteiger partial charge in [-0.2, -0.15) is 0 Å². The maximum Gasteiger partial charge on any atom is 0.128 e. The molecule has 0 saturated heterocycles. The molecule has 1 aliphatic rings. The van der Waals surface area contributed by atoms with E-state index in [2.05, 4.69) is 23.7 Å². The molecule has 0 atom stereocenters. The predicted molar refractivity (Wildman–Crippen MR) is 76.2 cm³/mol. The van der Waals surface area contributed by atoms with E-state index in [1.807, 2.05) is 19.2 Å². The zero-order chi connectivity index (χ0) is 14.0. The van der Waals surface area contributed by atoms with Gasteiger partial charge in [0.1, 0.15) is 5.82 Å². The molecule has 1 heterocycles. The largest absolute Gasteiger partial charge is 0.393 e. The molecule has 0 amide bonds. The monoisotopic (exact) mass is 264 g/mol. The van der Waals surface area contributed by atoms with E-state index in [-0.39, 0.29) is 12.7 Å². The lowest BCUT2D eigenvalue weighted by Crippen LogP contribution is -2.37. The van der Waals surface area contributed by atoms with Gasteiger partial charge in [0.25, 0.3) is 0 Å². The topological polar surface area (TPSA) is 56.6 Å². The van der Waals surface area contributed by atoms with Crippen LogP contribution in [0.2, 0.25) is 0 Å². The summed E-state index contributed by atoms with van der Waals surface area (Å²) in [5.41, 5.74) is 1.93. The van der Waals surface area contributed by atoms with Gasteiger partial charge in [-0.15, -0.1) is 0 Å². The van der Waals surface area contributed by atoms with Crippen LogP contribution in [0.15, 0.2) is 12.1 Å². The van der Waals surface area contributed by atoms with Gasteiger partial charge in [0, 0.05) is 19.3 Å². The van der Waals surface area contributed by atoms with Crippen LogP contribution in [0.25, 0.3) is 0 Å². The van der Waals surface area contributed by atoms with E-state index in [9.17, 15) is 10.2 Å². The summed E-state index contributed by atoms with van der Waals surface area (Å²) in [6.45, 7) is 5.17. The predicted octanol–water partition coefficient (Wildman–Crippen LogP) is 1.90. The highest BCUT2D eigenvalue weighted by molar-refractivity contribution is 5.42. The molecule has 4 nitrogen and oxygen atoms in total. The number of anilines is 1. The lowest BCUT2D eigenvalue weighted by atomic mass is 9.82. The Morgan fingerprint density at radius 1 is 1.37 bits per heavy atom. The molecule has 0 spiro atoms. The zero-order valence-corrected chi connectivity index (χ0v) is 12.0. The first-order valence-corrected chi connectivity index (χ1v) is 7.00. The first-order valence-electron chi connectivity index (χ1n) is 7.00. The van der Waals surface area contributed by atoms with E-state index < -0.39 is 0 Å². The van der Waals surface area contributed by atoms with Crippen LogP contribution in [0.3, 0.4) is 0 Å². The normalized spacial score (nSPS) is 22.4. The van der Waals surface area contributed by atoms with E-state index >= 15 is 0 Å². The van der Waals surface area contributed by atoms with Crippen molar-refractivity contribution < 1.29 is 10.2 Å². The number of rotatable bonds is 5. The Bertz CT molecular complexity index is 428. The molecule has 0 unspecified atom stereocenters. The standard InChI is InChI=1S/C15H24N2O2/c1-10(2)14-6-12(9-18)7-15(16-14)17(3)8-11-4-13(19)5-11/h6-7,10-11,13,18-19H,4-5,8-9H2,1-3H3. The minimum Gasteiger partial charge on any atom is -0.393 e. The summed E-state index contributed by atoms with van der Waals surface area (Å²) in [6.07, 6.45) is 1.67. The number of hydrogen-bond donors (Lipinski definition) is 2. The van der Waals surface area contributed by atoms with E-state index in [0.717, 1.165) is 36.5 Å². The van der Waals surface area contributed by atoms with Crippen molar-refractivity contribution in [1.29, 1.82) is 0 Å². The summed E-state index contributed by atoms with van der Waals surface area (Å²) in [5, 5.41) is 18.7. The van der Waals surface area contributed by atoms with Crippen LogP contribution in [-0.2, 0) is 6.61 Å². The van der Waals surface area contributed by atoms with Crippen molar-refractivity contribution in [2.24, 2.45) is 5.92 Å². The summed E-state index contributed by atoms with van der Waals surface area (Å²) in [6, 6.07) is 3.91. The highest BCUT2D eigenvalue weighted by Crippen LogP contribution is 2.29. The third-order valence-corrected chi connectivity index (χ3v) is 3.80. The molecular formula is C15H24N2O2. The molecule has 2 N–H and O–H groups in total. The maximum atomic E-state index is 9.34. The highest BCUT2D eigenvalue weighted by atomic mass is 16.3. The Balaban J connectivity index is 2.11. The van der Waals surface area contributed by atoms with Gasteiger partial charge in [-0.1, -0.05) is 13.8 Å². The second-order valence-electron chi connectivity index (χ2n) is 5.94. The fraction of sp³-hybridized carbons (Fsp3) is 0.667. The van der Waals surface area contributed by atoms with Crippen molar-refractivity contribution in [1.82, 2.24) is 4.98 Å². The molecule has 1 saturated carbocycles. The summed E-state index contributed by atoms with van der Waals surface area (Å²) < 4.78 is 0. The highest BCUT2D eigenvalue weighted by Gasteiger charge is 2.28. The smallest absolute Gasteiger partial charge is 0.128 e. The second-order valence-corrected chi connectivity index (χ2v) is 5.94. The lowest BCUT2D eigenvalue weighted by molar-refractivity contribution is 0.0464. The van der Waals surface area contributed by atoms with Crippen molar-refractivity contribution in [2.75, 3.05) is 18.5 Å². The molecule has 1 fully saturated rings. The maximum absolute atomic E-state index is 9.34. The average Bonchev–Trinajstić information content (AvgIpc) is 2.36. The number of aromatic nitrogens is 1. The van der Waals surface area contributed by atoms with Crippen molar-refractivity contribution >= 4 is 5.82 Å². The molecule has 1 aromatic rings. The van der Waals surface area contributed by atoms with Crippen LogP contribution in [0.1, 0.15) is 43.9 Å². The number of nitrogens with zero attached hydrogens (tertiary/aromatic N) is 2. The Labute approximate surface area is 115 Å². The molecular weight excluding hydrogens is 240 g/mol. The molecule has 0 radical (unpaired) electrons. The number of hydrogen-bond acceptors (Lipinski definition) is 4. The summed E-state index contributed by atoms with van der Waals surface area (Å²) in [4.78, 5) is 6.79. The fourth-order valence-corrected chi connectivity index (χ4v) is 2.51. The molecule has 0 aliphatic heterocycles. The second kappa shape index (κ2) is 5.88. The van der Waals surface area contributed by atoms with Crippen molar-refractivity contribution in [3.05, 3.63) is 23.4 Å². The minimum absolute atomic E-state index is 0.0468. The van der Waals surface area contributed by atoms with Crippen LogP contribution >= 0.6 is 0 Å². The third kappa shape index (κ3) is 3.45.